The molecule has 0 unspecified atom stereocenters. The van der Waals surface area contributed by atoms with Crippen LogP contribution in [0.15, 0.2) is 28.8 Å². The lowest BCUT2D eigenvalue weighted by atomic mass is 9.91. The van der Waals surface area contributed by atoms with E-state index >= 15 is 0 Å². The number of benzene rings is 2. The molecule has 4 rings (SSSR count). The van der Waals surface area contributed by atoms with E-state index in [0.717, 1.165) is 66.9 Å². The van der Waals surface area contributed by atoms with Gasteiger partial charge < -0.3 is 19.9 Å². The Balaban J connectivity index is 1.27. The van der Waals surface area contributed by atoms with Crippen molar-refractivity contribution in [1.29, 1.82) is 0 Å². The lowest BCUT2D eigenvalue weighted by Crippen LogP contribution is -2.34. The number of aromatic nitrogens is 1. The van der Waals surface area contributed by atoms with Gasteiger partial charge >= 0.3 is 0 Å². The van der Waals surface area contributed by atoms with Crippen molar-refractivity contribution in [1.82, 2.24) is 10.1 Å². The van der Waals surface area contributed by atoms with Gasteiger partial charge in [0.25, 0.3) is 0 Å². The lowest BCUT2D eigenvalue weighted by molar-refractivity contribution is 0.101. The van der Waals surface area contributed by atoms with Crippen molar-refractivity contribution in [2.24, 2.45) is 0 Å². The number of carbonyl (C=O) groups is 1. The summed E-state index contributed by atoms with van der Waals surface area (Å²) in [5.74, 6) is 0.775. The third-order valence-electron chi connectivity index (χ3n) is 6.43. The van der Waals surface area contributed by atoms with Gasteiger partial charge in [0.2, 0.25) is 0 Å². The van der Waals surface area contributed by atoms with Crippen molar-refractivity contribution >= 4 is 22.4 Å². The minimum atomic E-state index is -0.305. The Kier molecular flexibility index (Phi) is 6.46. The number of rotatable bonds is 7. The van der Waals surface area contributed by atoms with E-state index < -0.39 is 0 Å². The first-order valence-electron chi connectivity index (χ1n) is 11.2. The topological polar surface area (TPSA) is 81.6 Å². The normalized spacial score (nSPS) is 15.4. The average molecular weight is 440 g/mol. The first-order valence-corrected chi connectivity index (χ1v) is 11.2. The van der Waals surface area contributed by atoms with Gasteiger partial charge in [-0.1, -0.05) is 5.16 Å². The molecule has 1 aliphatic heterocycles. The smallest absolute Gasteiger partial charge is 0.170 e. The predicted molar refractivity (Wildman–Crippen MR) is 123 cm³/mol. The number of Topliss-reactive ketones (excluding diaryl/α,β-unsaturated/α-hetero) is 1. The third-order valence-corrected chi connectivity index (χ3v) is 6.43. The molecule has 0 aliphatic carbocycles. The van der Waals surface area contributed by atoms with Crippen molar-refractivity contribution in [3.63, 3.8) is 0 Å². The number of likely N-dealkylation sites (tertiary alicyclic amines) is 1. The molecule has 0 bridgehead atoms. The molecular weight excluding hydrogens is 409 g/mol. The molecule has 2 N–H and O–H groups in total. The summed E-state index contributed by atoms with van der Waals surface area (Å²) in [5.41, 5.74) is 10.4. The standard InChI is InChI=1S/C25H30FN3O3/c1-15-13-21(17(3)30)23(27)16(2)25(15)31-12-4-9-29-10-7-18(8-11-29)24-20-6-5-19(26)14-22(20)32-28-24/h5-6,13-14,18H,4,7-12,27H2,1-3H3. The van der Waals surface area contributed by atoms with E-state index in [2.05, 4.69) is 10.1 Å². The fraction of sp³-hybridized carbons (Fsp3) is 0.440. The lowest BCUT2D eigenvalue weighted by Gasteiger charge is -2.31. The summed E-state index contributed by atoms with van der Waals surface area (Å²) in [6, 6.07) is 6.43. The van der Waals surface area contributed by atoms with Gasteiger partial charge in [-0.2, -0.15) is 0 Å². The SMILES string of the molecule is CC(=O)c1cc(C)c(OCCCN2CCC(c3noc4cc(F)ccc34)CC2)c(C)c1N. The molecule has 1 aliphatic rings. The molecule has 170 valence electrons. The van der Waals surface area contributed by atoms with Crippen LogP contribution in [0.1, 0.15) is 59.3 Å². The van der Waals surface area contributed by atoms with Crippen LogP contribution < -0.4 is 10.5 Å². The number of nitrogens with two attached hydrogens (primary N) is 1. The number of fused-ring (bicyclic) bond motifs is 1. The number of ether oxygens (including phenoxy) is 1. The Morgan fingerprint density at radius 3 is 2.75 bits per heavy atom. The fourth-order valence-corrected chi connectivity index (χ4v) is 4.61. The molecule has 0 radical (unpaired) electrons. The summed E-state index contributed by atoms with van der Waals surface area (Å²) < 4.78 is 24.8. The van der Waals surface area contributed by atoms with E-state index in [-0.39, 0.29) is 11.6 Å². The molecule has 0 amide bonds. The van der Waals surface area contributed by atoms with E-state index in [0.29, 0.717) is 29.4 Å². The van der Waals surface area contributed by atoms with Gasteiger partial charge in [0.15, 0.2) is 11.4 Å². The van der Waals surface area contributed by atoms with Gasteiger partial charge in [0, 0.05) is 40.7 Å². The van der Waals surface area contributed by atoms with Crippen molar-refractivity contribution in [2.45, 2.75) is 46.0 Å². The highest BCUT2D eigenvalue weighted by Gasteiger charge is 2.25. The van der Waals surface area contributed by atoms with Gasteiger partial charge in [-0.05, 0) is 76.9 Å². The Labute approximate surface area is 187 Å². The fourth-order valence-electron chi connectivity index (χ4n) is 4.61. The number of anilines is 1. The number of hydrogen-bond donors (Lipinski definition) is 1. The second-order valence-corrected chi connectivity index (χ2v) is 8.69. The number of nitrogens with zero attached hydrogens (tertiary/aromatic N) is 2. The molecule has 3 aromatic rings. The number of carbonyl (C=O) groups excluding carboxylic acids is 1. The zero-order valence-electron chi connectivity index (χ0n) is 18.9. The van der Waals surface area contributed by atoms with Crippen LogP contribution in [0.4, 0.5) is 10.1 Å². The third kappa shape index (κ3) is 4.48. The van der Waals surface area contributed by atoms with Gasteiger partial charge in [0.1, 0.15) is 11.6 Å². The Hall–Kier alpha value is -2.93. The molecule has 2 heterocycles. The molecule has 0 saturated carbocycles. The van der Waals surface area contributed by atoms with Crippen LogP contribution in [0, 0.1) is 19.7 Å². The molecular formula is C25H30FN3O3. The Bertz CT molecular complexity index is 1130. The van der Waals surface area contributed by atoms with Crippen LogP contribution in [0.3, 0.4) is 0 Å². The van der Waals surface area contributed by atoms with Crippen molar-refractivity contribution in [3.8, 4) is 5.75 Å². The molecule has 32 heavy (non-hydrogen) atoms. The first kappa shape index (κ1) is 22.3. The zero-order valence-corrected chi connectivity index (χ0v) is 18.9. The molecule has 1 fully saturated rings. The van der Waals surface area contributed by atoms with Crippen LogP contribution in [0.2, 0.25) is 0 Å². The zero-order chi connectivity index (χ0) is 22.8. The monoisotopic (exact) mass is 439 g/mol. The average Bonchev–Trinajstić information content (AvgIpc) is 3.19. The molecule has 1 aromatic heterocycles. The number of nitrogen functional groups attached to an aromatic ring is 1. The summed E-state index contributed by atoms with van der Waals surface area (Å²) in [5, 5.41) is 5.14. The molecule has 0 spiro atoms. The molecule has 0 atom stereocenters. The summed E-state index contributed by atoms with van der Waals surface area (Å²) in [4.78, 5) is 14.2. The van der Waals surface area contributed by atoms with Crippen LogP contribution in [0.25, 0.3) is 11.0 Å². The van der Waals surface area contributed by atoms with E-state index in [1.165, 1.54) is 19.1 Å². The van der Waals surface area contributed by atoms with Crippen molar-refractivity contribution in [2.75, 3.05) is 32.0 Å². The minimum absolute atomic E-state index is 0.0329. The quantitative estimate of drug-likeness (QED) is 0.316. The second kappa shape index (κ2) is 9.28. The molecule has 7 heteroatoms. The Morgan fingerprint density at radius 2 is 2.03 bits per heavy atom. The van der Waals surface area contributed by atoms with Gasteiger partial charge in [0.05, 0.1) is 12.3 Å². The summed E-state index contributed by atoms with van der Waals surface area (Å²) in [6.45, 7) is 8.89. The largest absolute Gasteiger partial charge is 0.493 e. The van der Waals surface area contributed by atoms with E-state index in [1.54, 1.807) is 6.07 Å². The van der Waals surface area contributed by atoms with E-state index in [9.17, 15) is 9.18 Å². The highest BCUT2D eigenvalue weighted by molar-refractivity contribution is 6.00. The van der Waals surface area contributed by atoms with E-state index in [4.69, 9.17) is 15.0 Å². The summed E-state index contributed by atoms with van der Waals surface area (Å²) in [7, 11) is 0. The highest BCUT2D eigenvalue weighted by atomic mass is 19.1. The van der Waals surface area contributed by atoms with Crippen molar-refractivity contribution in [3.05, 3.63) is 52.5 Å². The molecule has 1 saturated heterocycles. The van der Waals surface area contributed by atoms with Gasteiger partial charge in [-0.3, -0.25) is 4.79 Å². The number of ketones is 1. The Morgan fingerprint density at radius 1 is 1.28 bits per heavy atom. The van der Waals surface area contributed by atoms with Gasteiger partial charge in [-0.15, -0.1) is 0 Å². The maximum absolute atomic E-state index is 13.4. The van der Waals surface area contributed by atoms with Crippen LogP contribution >= 0.6 is 0 Å². The van der Waals surface area contributed by atoms with Crippen molar-refractivity contribution < 1.29 is 18.4 Å². The van der Waals surface area contributed by atoms with Crippen LogP contribution in [0.5, 0.6) is 5.75 Å². The van der Waals surface area contributed by atoms with Crippen LogP contribution in [-0.4, -0.2) is 42.1 Å². The first-order chi connectivity index (χ1) is 15.3. The number of hydrogen-bond acceptors (Lipinski definition) is 6. The van der Waals surface area contributed by atoms with E-state index in [1.807, 2.05) is 19.9 Å². The number of aryl methyl sites for hydroxylation is 1. The number of piperidine rings is 1. The maximum atomic E-state index is 13.4. The predicted octanol–water partition coefficient (Wildman–Crippen LogP) is 5.02. The number of halogens is 1. The summed E-state index contributed by atoms with van der Waals surface area (Å²) in [6.07, 6.45) is 2.91. The molecule has 2 aromatic carbocycles. The highest BCUT2D eigenvalue weighted by Crippen LogP contribution is 2.33. The second-order valence-electron chi connectivity index (χ2n) is 8.69. The van der Waals surface area contributed by atoms with Gasteiger partial charge in [-0.25, -0.2) is 4.39 Å². The van der Waals surface area contributed by atoms with Crippen LogP contribution in [-0.2, 0) is 0 Å². The molecule has 6 nitrogen and oxygen atoms in total. The maximum Gasteiger partial charge on any atom is 0.170 e. The summed E-state index contributed by atoms with van der Waals surface area (Å²) >= 11 is 0. The minimum Gasteiger partial charge on any atom is -0.493 e.